The van der Waals surface area contributed by atoms with Crippen LogP contribution in [0.3, 0.4) is 0 Å². The number of carbonyl (C=O) groups is 2. The highest BCUT2D eigenvalue weighted by Gasteiger charge is 2.34. The molecule has 10 heteroatoms. The molecule has 0 radical (unpaired) electrons. The standard InChI is InChI=1S/C24H33N5O5/c1-15(2)14-28-21-16(5-8-18(30)27-11-9-24(3,34-4)10-12-27)13-25-29(21)23(33)19(22(28)32)20(31)26-17-6-7-17/h5,8,13,15,17H,6-7,9-12,14H2,1-4H3,(H2,26,31,32,33)/p+1/b8-5+. The number of hydrogen-bond donors (Lipinski definition) is 3. The number of H-pyrrole nitrogens is 1. The summed E-state index contributed by atoms with van der Waals surface area (Å²) < 4.78 is 8.35. The number of hydrogen-bond acceptors (Lipinski definition) is 5. The average molecular weight is 473 g/mol. The van der Waals surface area contributed by atoms with E-state index in [1.54, 1.807) is 28.8 Å². The largest absolute Gasteiger partial charge is 0.477 e. The maximum absolute atomic E-state index is 13.1. The minimum Gasteiger partial charge on any atom is -0.477 e. The van der Waals surface area contributed by atoms with Gasteiger partial charge in [0, 0.05) is 32.3 Å². The van der Waals surface area contributed by atoms with Gasteiger partial charge in [-0.3, -0.25) is 9.59 Å². The number of aromatic hydroxyl groups is 1. The van der Waals surface area contributed by atoms with Gasteiger partial charge in [0.2, 0.25) is 11.5 Å². The van der Waals surface area contributed by atoms with E-state index in [1.807, 2.05) is 20.8 Å². The van der Waals surface area contributed by atoms with E-state index >= 15 is 0 Å². The third-order valence-electron chi connectivity index (χ3n) is 6.69. The molecule has 184 valence electrons. The van der Waals surface area contributed by atoms with E-state index in [0.717, 1.165) is 25.7 Å². The zero-order valence-corrected chi connectivity index (χ0v) is 20.3. The van der Waals surface area contributed by atoms with Crippen LogP contribution in [0.2, 0.25) is 0 Å². The number of piperidine rings is 1. The second-order valence-corrected chi connectivity index (χ2v) is 9.96. The quantitative estimate of drug-likeness (QED) is 0.413. The van der Waals surface area contributed by atoms with Crippen molar-refractivity contribution in [2.24, 2.45) is 5.92 Å². The summed E-state index contributed by atoms with van der Waals surface area (Å²) in [7, 11) is 1.69. The molecule has 0 aromatic carbocycles. The van der Waals surface area contributed by atoms with Crippen LogP contribution in [0.5, 0.6) is 5.88 Å². The van der Waals surface area contributed by atoms with Gasteiger partial charge in [-0.15, -0.1) is 0 Å². The molecular formula is C24H34N5O5+. The van der Waals surface area contributed by atoms with Crippen LogP contribution in [0, 0.1) is 5.92 Å². The Bertz CT molecular complexity index is 1180. The van der Waals surface area contributed by atoms with Gasteiger partial charge >= 0.3 is 17.1 Å². The van der Waals surface area contributed by atoms with Gasteiger partial charge in [-0.2, -0.15) is 4.57 Å². The van der Waals surface area contributed by atoms with Crippen molar-refractivity contribution >= 4 is 23.5 Å². The van der Waals surface area contributed by atoms with E-state index in [0.29, 0.717) is 30.8 Å². The van der Waals surface area contributed by atoms with E-state index in [9.17, 15) is 19.5 Å². The Morgan fingerprint density at radius 2 is 2.03 bits per heavy atom. The Balaban J connectivity index is 1.67. The van der Waals surface area contributed by atoms with Crippen molar-refractivity contribution in [2.75, 3.05) is 20.2 Å². The van der Waals surface area contributed by atoms with E-state index < -0.39 is 11.5 Å². The first kappa shape index (κ1) is 24.0. The van der Waals surface area contributed by atoms with Gasteiger partial charge in [-0.1, -0.05) is 18.4 Å². The SMILES string of the molecule is COC1(C)CCN(C(=O)/C=C/c2c[nH]n3c(=O)c(C(=O)NC4CC4)c(O)[n+](CC(C)C)c23)CC1. The van der Waals surface area contributed by atoms with Gasteiger partial charge in [0.15, 0.2) is 0 Å². The van der Waals surface area contributed by atoms with Gasteiger partial charge < -0.3 is 20.1 Å². The highest BCUT2D eigenvalue weighted by atomic mass is 16.5. The zero-order valence-electron chi connectivity index (χ0n) is 20.3. The highest BCUT2D eigenvalue weighted by Crippen LogP contribution is 2.25. The Labute approximate surface area is 198 Å². The molecule has 1 aliphatic carbocycles. The lowest BCUT2D eigenvalue weighted by molar-refractivity contribution is -0.686. The molecule has 2 fully saturated rings. The fourth-order valence-electron chi connectivity index (χ4n) is 4.28. The Morgan fingerprint density at radius 3 is 2.62 bits per heavy atom. The van der Waals surface area contributed by atoms with Crippen molar-refractivity contribution in [1.29, 1.82) is 0 Å². The van der Waals surface area contributed by atoms with Gasteiger partial charge in [0.1, 0.15) is 0 Å². The fourth-order valence-corrected chi connectivity index (χ4v) is 4.28. The lowest BCUT2D eigenvalue weighted by atomic mass is 9.93. The molecule has 1 saturated heterocycles. The molecule has 0 spiro atoms. The van der Waals surface area contributed by atoms with Crippen molar-refractivity contribution in [3.8, 4) is 5.88 Å². The van der Waals surface area contributed by atoms with E-state index in [1.165, 1.54) is 10.6 Å². The number of aromatic nitrogens is 3. The molecule has 0 unspecified atom stereocenters. The van der Waals surface area contributed by atoms with Crippen molar-refractivity contribution < 1.29 is 24.0 Å². The predicted octanol–water partition coefficient (Wildman–Crippen LogP) is 1.21. The summed E-state index contributed by atoms with van der Waals surface area (Å²) in [5, 5.41) is 16.6. The molecule has 34 heavy (non-hydrogen) atoms. The maximum Gasteiger partial charge on any atom is 0.378 e. The number of amides is 2. The topological polar surface area (TPSA) is 120 Å². The number of aromatic amines is 1. The number of rotatable bonds is 7. The Hall–Kier alpha value is -3.14. The normalized spacial score (nSPS) is 18.2. The number of methoxy groups -OCH3 is 1. The minimum atomic E-state index is -0.633. The highest BCUT2D eigenvalue weighted by molar-refractivity contribution is 5.96. The van der Waals surface area contributed by atoms with Crippen LogP contribution in [-0.4, -0.2) is 63.3 Å². The lowest BCUT2D eigenvalue weighted by Crippen LogP contribution is -2.46. The molecule has 10 nitrogen and oxygen atoms in total. The van der Waals surface area contributed by atoms with Crippen molar-refractivity contribution in [1.82, 2.24) is 19.8 Å². The summed E-state index contributed by atoms with van der Waals surface area (Å²) in [6, 6.07) is 0.0511. The number of nitrogens with one attached hydrogen (secondary N) is 2. The molecular weight excluding hydrogens is 438 g/mol. The molecule has 0 bridgehead atoms. The van der Waals surface area contributed by atoms with Crippen molar-refractivity contribution in [3.05, 3.63) is 33.8 Å². The third kappa shape index (κ3) is 4.72. The molecule has 3 N–H and O–H groups in total. The molecule has 2 aromatic rings. The molecule has 2 amide bonds. The second-order valence-electron chi connectivity index (χ2n) is 9.96. The summed E-state index contributed by atoms with van der Waals surface area (Å²) in [6.45, 7) is 7.60. The molecule has 1 aliphatic heterocycles. The fraction of sp³-hybridized carbons (Fsp3) is 0.583. The first-order valence-electron chi connectivity index (χ1n) is 11.9. The number of fused-ring (bicyclic) bond motifs is 1. The molecule has 4 rings (SSSR count). The van der Waals surface area contributed by atoms with Crippen molar-refractivity contribution in [2.45, 2.75) is 64.6 Å². The van der Waals surface area contributed by atoms with E-state index in [-0.39, 0.29) is 34.9 Å². The summed E-state index contributed by atoms with van der Waals surface area (Å²) in [6.07, 6.45) is 7.98. The van der Waals surface area contributed by atoms with Gasteiger partial charge in [-0.25, -0.2) is 9.89 Å². The van der Waals surface area contributed by atoms with Gasteiger partial charge in [0.05, 0.1) is 23.9 Å². The van der Waals surface area contributed by atoms with E-state index in [2.05, 4.69) is 10.4 Å². The number of nitrogens with zero attached hydrogens (tertiary/aromatic N) is 3. The molecule has 3 heterocycles. The summed E-state index contributed by atoms with van der Waals surface area (Å²) in [5.74, 6) is -0.937. The monoisotopic (exact) mass is 472 g/mol. The van der Waals surface area contributed by atoms with Crippen molar-refractivity contribution in [3.63, 3.8) is 0 Å². The maximum atomic E-state index is 13.1. The second kappa shape index (κ2) is 9.25. The van der Waals surface area contributed by atoms with Crippen LogP contribution in [-0.2, 0) is 16.1 Å². The van der Waals surface area contributed by atoms with Crippen LogP contribution in [0.25, 0.3) is 11.7 Å². The lowest BCUT2D eigenvalue weighted by Gasteiger charge is -2.37. The first-order chi connectivity index (χ1) is 16.1. The van der Waals surface area contributed by atoms with Crippen LogP contribution < -0.4 is 15.4 Å². The van der Waals surface area contributed by atoms with Crippen LogP contribution in [0.15, 0.2) is 17.1 Å². The molecule has 2 aliphatic rings. The van der Waals surface area contributed by atoms with Gasteiger partial charge in [0.25, 0.3) is 5.91 Å². The third-order valence-corrected chi connectivity index (χ3v) is 6.69. The molecule has 1 saturated carbocycles. The predicted molar refractivity (Wildman–Crippen MR) is 125 cm³/mol. The van der Waals surface area contributed by atoms with Crippen LogP contribution in [0.4, 0.5) is 0 Å². The summed E-state index contributed by atoms with van der Waals surface area (Å²) in [4.78, 5) is 40.4. The Kier molecular flexibility index (Phi) is 6.53. The summed E-state index contributed by atoms with van der Waals surface area (Å²) >= 11 is 0. The number of carbonyl (C=O) groups excluding carboxylic acids is 2. The smallest absolute Gasteiger partial charge is 0.378 e. The number of ether oxygens (including phenoxy) is 1. The number of likely N-dealkylation sites (tertiary alicyclic amines) is 1. The zero-order chi connectivity index (χ0) is 24.6. The summed E-state index contributed by atoms with van der Waals surface area (Å²) in [5.41, 5.74) is -0.162. The van der Waals surface area contributed by atoms with E-state index in [4.69, 9.17) is 4.74 Å². The molecule has 2 aromatic heterocycles. The molecule has 0 atom stereocenters. The van der Waals surface area contributed by atoms with Crippen LogP contribution in [0.1, 0.15) is 62.4 Å². The Morgan fingerprint density at radius 1 is 1.35 bits per heavy atom. The van der Waals surface area contributed by atoms with Crippen LogP contribution >= 0.6 is 0 Å². The van der Waals surface area contributed by atoms with Gasteiger partial charge in [-0.05, 0) is 44.6 Å². The average Bonchev–Trinajstić information content (AvgIpc) is 3.50. The first-order valence-corrected chi connectivity index (χ1v) is 11.9. The minimum absolute atomic E-state index is 0.0511.